The fraction of sp³-hybridized carbons (Fsp3) is 0.429. The molecule has 2 aliphatic heterocycles. The highest BCUT2D eigenvalue weighted by Crippen LogP contribution is 2.30. The highest BCUT2D eigenvalue weighted by molar-refractivity contribution is 5.98. The normalized spacial score (nSPS) is 24.5. The number of nitrogens with one attached hydrogen (secondary N) is 3. The van der Waals surface area contributed by atoms with Crippen LogP contribution in [-0.2, 0) is 14.3 Å². The number of anilines is 2. The van der Waals surface area contributed by atoms with Crippen LogP contribution in [0.2, 0.25) is 0 Å². The average molecular weight is 291 g/mol. The van der Waals surface area contributed by atoms with Gasteiger partial charge in [-0.05, 0) is 19.1 Å². The molecule has 0 spiro atoms. The van der Waals surface area contributed by atoms with E-state index < -0.39 is 0 Å². The van der Waals surface area contributed by atoms with Crippen molar-refractivity contribution in [2.24, 2.45) is 0 Å². The van der Waals surface area contributed by atoms with E-state index in [1.54, 1.807) is 18.2 Å². The molecule has 0 aliphatic carbocycles. The number of hydrogen-bond donors (Lipinski definition) is 3. The van der Waals surface area contributed by atoms with Crippen molar-refractivity contribution in [3.8, 4) is 5.75 Å². The van der Waals surface area contributed by atoms with Gasteiger partial charge in [-0.1, -0.05) is 0 Å². The molecular formula is C14H17N3O4. The maximum atomic E-state index is 12.2. The van der Waals surface area contributed by atoms with Gasteiger partial charge in [-0.15, -0.1) is 0 Å². The number of amides is 2. The molecule has 0 unspecified atom stereocenters. The summed E-state index contributed by atoms with van der Waals surface area (Å²) in [6.45, 7) is 3.11. The van der Waals surface area contributed by atoms with Gasteiger partial charge in [-0.3, -0.25) is 9.59 Å². The van der Waals surface area contributed by atoms with E-state index in [4.69, 9.17) is 9.47 Å². The number of rotatable bonds is 2. The molecule has 1 fully saturated rings. The summed E-state index contributed by atoms with van der Waals surface area (Å²) in [4.78, 5) is 23.4. The van der Waals surface area contributed by atoms with Crippen molar-refractivity contribution < 1.29 is 19.1 Å². The lowest BCUT2D eigenvalue weighted by molar-refractivity contribution is -0.123. The van der Waals surface area contributed by atoms with Crippen molar-refractivity contribution in [3.05, 3.63) is 18.2 Å². The molecule has 2 amide bonds. The summed E-state index contributed by atoms with van der Waals surface area (Å²) in [5, 5.41) is 8.66. The third kappa shape index (κ3) is 2.98. The fourth-order valence-electron chi connectivity index (χ4n) is 2.40. The van der Waals surface area contributed by atoms with E-state index in [9.17, 15) is 9.59 Å². The summed E-state index contributed by atoms with van der Waals surface area (Å²) in [6.07, 6.45) is -0.174. The molecule has 0 saturated carbocycles. The summed E-state index contributed by atoms with van der Waals surface area (Å²) < 4.78 is 10.8. The van der Waals surface area contributed by atoms with Crippen molar-refractivity contribution >= 4 is 23.2 Å². The molecular weight excluding hydrogens is 274 g/mol. The Morgan fingerprint density at radius 2 is 2.29 bits per heavy atom. The summed E-state index contributed by atoms with van der Waals surface area (Å²) >= 11 is 0. The van der Waals surface area contributed by atoms with Crippen LogP contribution < -0.4 is 20.7 Å². The van der Waals surface area contributed by atoms with Crippen LogP contribution >= 0.6 is 0 Å². The smallest absolute Gasteiger partial charge is 0.262 e. The number of carbonyl (C=O) groups is 2. The second-order valence-corrected chi connectivity index (χ2v) is 5.04. The van der Waals surface area contributed by atoms with Gasteiger partial charge in [0.15, 0.2) is 6.61 Å². The van der Waals surface area contributed by atoms with Crippen molar-refractivity contribution in [2.75, 3.05) is 30.4 Å². The van der Waals surface area contributed by atoms with Gasteiger partial charge in [0.1, 0.15) is 11.8 Å². The molecule has 0 aromatic heterocycles. The molecule has 2 heterocycles. The summed E-state index contributed by atoms with van der Waals surface area (Å²) in [7, 11) is 0. The van der Waals surface area contributed by atoms with Crippen LogP contribution in [0, 0.1) is 0 Å². The van der Waals surface area contributed by atoms with Crippen molar-refractivity contribution in [2.45, 2.75) is 19.1 Å². The Kier molecular flexibility index (Phi) is 3.76. The van der Waals surface area contributed by atoms with Crippen LogP contribution in [0.3, 0.4) is 0 Å². The van der Waals surface area contributed by atoms with Gasteiger partial charge in [-0.25, -0.2) is 0 Å². The molecule has 2 aliphatic rings. The second-order valence-electron chi connectivity index (χ2n) is 5.04. The molecule has 3 rings (SSSR count). The molecule has 3 N–H and O–H groups in total. The number of benzene rings is 1. The van der Waals surface area contributed by atoms with E-state index in [1.165, 1.54) is 0 Å². The number of morpholine rings is 1. The van der Waals surface area contributed by atoms with Gasteiger partial charge >= 0.3 is 0 Å². The predicted octanol–water partition coefficient (Wildman–Crippen LogP) is 0.333. The monoisotopic (exact) mass is 291 g/mol. The van der Waals surface area contributed by atoms with Gasteiger partial charge < -0.3 is 25.4 Å². The van der Waals surface area contributed by atoms with Crippen LogP contribution in [0.4, 0.5) is 11.4 Å². The Balaban J connectivity index is 1.70. The van der Waals surface area contributed by atoms with Gasteiger partial charge in [0.2, 0.25) is 5.91 Å². The predicted molar refractivity (Wildman–Crippen MR) is 76.4 cm³/mol. The third-order valence-electron chi connectivity index (χ3n) is 3.48. The lowest BCUT2D eigenvalue weighted by atomic mass is 10.1. The summed E-state index contributed by atoms with van der Waals surface area (Å²) in [5.41, 5.74) is 1.23. The molecule has 7 nitrogen and oxygen atoms in total. The Hall–Kier alpha value is -2.12. The fourth-order valence-corrected chi connectivity index (χ4v) is 2.40. The first kappa shape index (κ1) is 13.8. The van der Waals surface area contributed by atoms with E-state index in [0.29, 0.717) is 30.3 Å². The van der Waals surface area contributed by atoms with Crippen LogP contribution in [-0.4, -0.2) is 43.7 Å². The molecule has 1 aromatic rings. The lowest BCUT2D eigenvalue weighted by Gasteiger charge is -2.29. The van der Waals surface area contributed by atoms with Crippen molar-refractivity contribution in [1.82, 2.24) is 5.32 Å². The molecule has 0 radical (unpaired) electrons. The van der Waals surface area contributed by atoms with Gasteiger partial charge in [0, 0.05) is 18.3 Å². The summed E-state index contributed by atoms with van der Waals surface area (Å²) in [6, 6.07) is 4.74. The van der Waals surface area contributed by atoms with Crippen LogP contribution in [0.5, 0.6) is 5.75 Å². The Labute approximate surface area is 122 Å². The molecule has 1 saturated heterocycles. The molecule has 112 valence electrons. The zero-order valence-electron chi connectivity index (χ0n) is 11.6. The van der Waals surface area contributed by atoms with E-state index in [0.717, 1.165) is 0 Å². The molecule has 2 atom stereocenters. The SMILES string of the molecule is C[C@H]1OCCN[C@@H]1C(=O)Nc1ccc2c(c1)OCC(=O)N2. The van der Waals surface area contributed by atoms with Gasteiger partial charge in [-0.2, -0.15) is 0 Å². The highest BCUT2D eigenvalue weighted by Gasteiger charge is 2.28. The van der Waals surface area contributed by atoms with E-state index in [-0.39, 0.29) is 30.6 Å². The largest absolute Gasteiger partial charge is 0.482 e. The number of fused-ring (bicyclic) bond motifs is 1. The Morgan fingerprint density at radius 1 is 1.43 bits per heavy atom. The molecule has 1 aromatic carbocycles. The molecule has 0 bridgehead atoms. The van der Waals surface area contributed by atoms with Crippen LogP contribution in [0.25, 0.3) is 0 Å². The topological polar surface area (TPSA) is 88.7 Å². The number of hydrogen-bond acceptors (Lipinski definition) is 5. The van der Waals surface area contributed by atoms with Crippen LogP contribution in [0.15, 0.2) is 18.2 Å². The van der Waals surface area contributed by atoms with Crippen molar-refractivity contribution in [3.63, 3.8) is 0 Å². The first-order valence-electron chi connectivity index (χ1n) is 6.86. The van der Waals surface area contributed by atoms with E-state index in [2.05, 4.69) is 16.0 Å². The average Bonchev–Trinajstić information content (AvgIpc) is 2.48. The maximum Gasteiger partial charge on any atom is 0.262 e. The van der Waals surface area contributed by atoms with Crippen LogP contribution in [0.1, 0.15) is 6.92 Å². The minimum Gasteiger partial charge on any atom is -0.482 e. The number of carbonyl (C=O) groups excluding carboxylic acids is 2. The zero-order chi connectivity index (χ0) is 14.8. The summed E-state index contributed by atoms with van der Waals surface area (Å²) in [5.74, 6) is 0.215. The first-order chi connectivity index (χ1) is 10.1. The maximum absolute atomic E-state index is 12.2. The quantitative estimate of drug-likeness (QED) is 0.731. The molecule has 7 heteroatoms. The van der Waals surface area contributed by atoms with E-state index in [1.807, 2.05) is 6.92 Å². The third-order valence-corrected chi connectivity index (χ3v) is 3.48. The Bertz CT molecular complexity index is 575. The van der Waals surface area contributed by atoms with Crippen molar-refractivity contribution in [1.29, 1.82) is 0 Å². The lowest BCUT2D eigenvalue weighted by Crippen LogP contribution is -2.53. The zero-order valence-corrected chi connectivity index (χ0v) is 11.6. The minimum atomic E-state index is -0.379. The highest BCUT2D eigenvalue weighted by atomic mass is 16.5. The Morgan fingerprint density at radius 3 is 3.10 bits per heavy atom. The van der Waals surface area contributed by atoms with Gasteiger partial charge in [0.05, 0.1) is 18.4 Å². The molecule has 21 heavy (non-hydrogen) atoms. The van der Waals surface area contributed by atoms with Gasteiger partial charge in [0.25, 0.3) is 5.91 Å². The number of ether oxygens (including phenoxy) is 2. The first-order valence-corrected chi connectivity index (χ1v) is 6.86. The standard InChI is InChI=1S/C14H17N3O4/c1-8-13(15-4-5-20-8)14(19)16-9-2-3-10-11(6-9)21-7-12(18)17-10/h2-3,6,8,13,15H,4-5,7H2,1H3,(H,16,19)(H,17,18)/t8-,13+/m1/s1. The van der Waals surface area contributed by atoms with E-state index >= 15 is 0 Å². The second kappa shape index (κ2) is 5.71. The minimum absolute atomic E-state index is 0.0144.